The fraction of sp³-hybridized carbons (Fsp3) is 0.286. The zero-order valence-electron chi connectivity index (χ0n) is 16.6. The minimum absolute atomic E-state index is 0. The molecule has 0 fully saturated rings. The van der Waals surface area contributed by atoms with Crippen molar-refractivity contribution in [2.75, 3.05) is 27.2 Å². The second-order valence-electron chi connectivity index (χ2n) is 7.41. The van der Waals surface area contributed by atoms with Crippen molar-refractivity contribution < 1.29 is 17.6 Å². The first kappa shape index (κ1) is 22.6. The van der Waals surface area contributed by atoms with E-state index in [1.165, 1.54) is 6.07 Å². The summed E-state index contributed by atoms with van der Waals surface area (Å²) in [6.45, 7) is 1.26. The lowest BCUT2D eigenvalue weighted by Crippen LogP contribution is -2.40. The Kier molecular flexibility index (Phi) is 6.48. The number of benzene rings is 2. The van der Waals surface area contributed by atoms with E-state index in [-0.39, 0.29) is 33.1 Å². The van der Waals surface area contributed by atoms with Crippen molar-refractivity contribution in [1.29, 1.82) is 0 Å². The summed E-state index contributed by atoms with van der Waals surface area (Å²) in [4.78, 5) is 16.4. The number of sulfone groups is 1. The van der Waals surface area contributed by atoms with Gasteiger partial charge in [0, 0.05) is 30.5 Å². The number of halogens is 2. The van der Waals surface area contributed by atoms with Gasteiger partial charge in [-0.1, -0.05) is 29.8 Å². The molecule has 0 aliphatic carbocycles. The predicted molar refractivity (Wildman–Crippen MR) is 118 cm³/mol. The molecule has 2 aromatic carbocycles. The predicted octanol–water partition coefficient (Wildman–Crippen LogP) is 3.79. The van der Waals surface area contributed by atoms with E-state index >= 15 is 0 Å². The van der Waals surface area contributed by atoms with Gasteiger partial charge in [-0.05, 0) is 38.4 Å². The summed E-state index contributed by atoms with van der Waals surface area (Å²) in [5.74, 6) is 0.777. The number of rotatable bonds is 4. The molecule has 0 saturated carbocycles. The number of carbonyl (C=O) groups excluding carboxylic acids is 1. The molecule has 4 rings (SSSR count). The molecule has 6 nitrogen and oxygen atoms in total. The van der Waals surface area contributed by atoms with Crippen LogP contribution in [0.3, 0.4) is 0 Å². The maximum Gasteiger partial charge on any atom is 0.237 e. The number of likely N-dealkylation sites (N-methyl/N-ethyl adjacent to an activating group) is 1. The smallest absolute Gasteiger partial charge is 0.237 e. The lowest BCUT2D eigenvalue weighted by molar-refractivity contribution is -0.132. The molecule has 0 atom stereocenters. The highest BCUT2D eigenvalue weighted by atomic mass is 35.5. The number of hydrogen-bond donors (Lipinski definition) is 0. The lowest BCUT2D eigenvalue weighted by atomic mass is 10.0. The average Bonchev–Trinajstić information content (AvgIpc) is 3.07. The van der Waals surface area contributed by atoms with Gasteiger partial charge in [0.2, 0.25) is 15.7 Å². The summed E-state index contributed by atoms with van der Waals surface area (Å²) in [6.07, 6.45) is 0.570. The normalized spacial score (nSPS) is 13.9. The lowest BCUT2D eigenvalue weighted by Gasteiger charge is -2.27. The average molecular weight is 469 g/mol. The van der Waals surface area contributed by atoms with Crippen LogP contribution in [0.25, 0.3) is 11.0 Å². The molecule has 160 valence electrons. The van der Waals surface area contributed by atoms with Crippen LogP contribution < -0.4 is 0 Å². The molecule has 1 aromatic heterocycles. The van der Waals surface area contributed by atoms with Crippen LogP contribution in [0.15, 0.2) is 56.7 Å². The second-order valence-corrected chi connectivity index (χ2v) is 9.76. The topological polar surface area (TPSA) is 70.8 Å². The van der Waals surface area contributed by atoms with E-state index in [1.807, 2.05) is 19.0 Å². The van der Waals surface area contributed by atoms with Gasteiger partial charge in [0.1, 0.15) is 5.76 Å². The summed E-state index contributed by atoms with van der Waals surface area (Å²) in [7, 11) is -0.0200. The molecule has 2 heterocycles. The van der Waals surface area contributed by atoms with Gasteiger partial charge in [-0.2, -0.15) is 0 Å². The molecule has 1 aliphatic rings. The number of furan rings is 1. The van der Waals surface area contributed by atoms with Gasteiger partial charge in [-0.25, -0.2) is 8.42 Å². The first-order chi connectivity index (χ1) is 13.8. The molecule has 0 spiro atoms. The molecule has 9 heteroatoms. The summed E-state index contributed by atoms with van der Waals surface area (Å²) in [5.41, 5.74) is 1.29. The third kappa shape index (κ3) is 4.07. The van der Waals surface area contributed by atoms with Crippen LogP contribution >= 0.6 is 24.0 Å². The largest absolute Gasteiger partial charge is 0.459 e. The Balaban J connectivity index is 0.00000256. The van der Waals surface area contributed by atoms with E-state index in [1.54, 1.807) is 41.3 Å². The quantitative estimate of drug-likeness (QED) is 0.582. The van der Waals surface area contributed by atoms with Crippen molar-refractivity contribution in [3.05, 3.63) is 58.8 Å². The molecular weight excluding hydrogens is 447 g/mol. The second kappa shape index (κ2) is 8.59. The van der Waals surface area contributed by atoms with Crippen LogP contribution in [0.2, 0.25) is 5.02 Å². The van der Waals surface area contributed by atoms with Crippen LogP contribution in [-0.2, 0) is 27.6 Å². The Labute approximate surface area is 186 Å². The van der Waals surface area contributed by atoms with Crippen molar-refractivity contribution in [3.8, 4) is 0 Å². The van der Waals surface area contributed by atoms with E-state index in [2.05, 4.69) is 0 Å². The first-order valence-corrected chi connectivity index (χ1v) is 11.1. The fourth-order valence-corrected chi connectivity index (χ4v) is 5.24. The molecule has 0 bridgehead atoms. The third-order valence-corrected chi connectivity index (χ3v) is 7.06. The first-order valence-electron chi connectivity index (χ1n) is 9.24. The van der Waals surface area contributed by atoms with Gasteiger partial charge in [-0.15, -0.1) is 12.4 Å². The molecule has 0 saturated heterocycles. The van der Waals surface area contributed by atoms with E-state index in [4.69, 9.17) is 16.0 Å². The highest BCUT2D eigenvalue weighted by Crippen LogP contribution is 2.37. The Bertz CT molecular complexity index is 1190. The van der Waals surface area contributed by atoms with Gasteiger partial charge in [0.15, 0.2) is 5.58 Å². The number of amides is 1. The summed E-state index contributed by atoms with van der Waals surface area (Å²) >= 11 is 6.40. The van der Waals surface area contributed by atoms with E-state index in [0.29, 0.717) is 37.0 Å². The highest BCUT2D eigenvalue weighted by Gasteiger charge is 2.28. The van der Waals surface area contributed by atoms with Crippen molar-refractivity contribution >= 4 is 50.7 Å². The van der Waals surface area contributed by atoms with Crippen LogP contribution in [-0.4, -0.2) is 51.3 Å². The maximum atomic E-state index is 13.1. The molecule has 0 radical (unpaired) electrons. The Morgan fingerprint density at radius 1 is 1.17 bits per heavy atom. The molecule has 0 unspecified atom stereocenters. The van der Waals surface area contributed by atoms with Crippen LogP contribution in [0.5, 0.6) is 0 Å². The zero-order valence-corrected chi connectivity index (χ0v) is 19.0. The van der Waals surface area contributed by atoms with E-state index < -0.39 is 9.84 Å². The Morgan fingerprint density at radius 2 is 1.87 bits per heavy atom. The standard InChI is InChI=1S/C21H21ClN2O4S.ClH/c1-23(2)13-20(25)24-9-8-19-17(12-24)16-10-15(11-18(22)21(16)28-19)29(26,27)14-6-4-3-5-7-14;/h3-7,10-11H,8-9,12-13H2,1-2H3;1H. The minimum Gasteiger partial charge on any atom is -0.459 e. The summed E-state index contributed by atoms with van der Waals surface area (Å²) < 4.78 is 32.0. The fourth-order valence-electron chi connectivity index (χ4n) is 3.59. The molecule has 0 N–H and O–H groups in total. The van der Waals surface area contributed by atoms with Crippen molar-refractivity contribution in [2.24, 2.45) is 0 Å². The molecule has 30 heavy (non-hydrogen) atoms. The maximum absolute atomic E-state index is 13.1. The SMILES string of the molecule is CN(C)CC(=O)N1CCc2oc3c(Cl)cc(S(=O)(=O)c4ccccc4)cc3c2C1.Cl. The monoisotopic (exact) mass is 468 g/mol. The molecule has 1 amide bonds. The van der Waals surface area contributed by atoms with E-state index in [0.717, 1.165) is 11.3 Å². The zero-order chi connectivity index (χ0) is 20.8. The van der Waals surface area contributed by atoms with Crippen molar-refractivity contribution in [1.82, 2.24) is 9.80 Å². The summed E-state index contributed by atoms with van der Waals surface area (Å²) in [5, 5.41) is 0.891. The number of nitrogens with zero attached hydrogens (tertiary/aromatic N) is 2. The molecule has 1 aliphatic heterocycles. The molecule has 3 aromatic rings. The Morgan fingerprint density at radius 3 is 2.53 bits per heavy atom. The van der Waals surface area contributed by atoms with Crippen molar-refractivity contribution in [2.45, 2.75) is 22.8 Å². The van der Waals surface area contributed by atoms with Crippen molar-refractivity contribution in [3.63, 3.8) is 0 Å². The van der Waals surface area contributed by atoms with Gasteiger partial charge in [0.25, 0.3) is 0 Å². The van der Waals surface area contributed by atoms with Gasteiger partial charge in [0.05, 0.1) is 21.4 Å². The van der Waals surface area contributed by atoms with Gasteiger partial charge >= 0.3 is 0 Å². The van der Waals surface area contributed by atoms with Crippen LogP contribution in [0.4, 0.5) is 0 Å². The van der Waals surface area contributed by atoms with Gasteiger partial charge in [-0.3, -0.25) is 4.79 Å². The van der Waals surface area contributed by atoms with Gasteiger partial charge < -0.3 is 14.2 Å². The number of carbonyl (C=O) groups is 1. The number of fused-ring (bicyclic) bond motifs is 3. The van der Waals surface area contributed by atoms with Crippen LogP contribution in [0.1, 0.15) is 11.3 Å². The van der Waals surface area contributed by atoms with Crippen LogP contribution in [0, 0.1) is 0 Å². The summed E-state index contributed by atoms with van der Waals surface area (Å²) in [6, 6.07) is 11.3. The highest BCUT2D eigenvalue weighted by molar-refractivity contribution is 7.91. The molecular formula is C21H22Cl2N2O4S. The Hall–Kier alpha value is -2.06. The number of hydrogen-bond acceptors (Lipinski definition) is 5. The van der Waals surface area contributed by atoms with E-state index in [9.17, 15) is 13.2 Å². The minimum atomic E-state index is -3.72. The third-order valence-electron chi connectivity index (χ3n) is 5.03.